The second-order valence-electron chi connectivity index (χ2n) is 4.67. The molecule has 1 aliphatic carbocycles. The molecule has 85 valence electrons. The van der Waals surface area contributed by atoms with Crippen LogP contribution in [0.4, 0.5) is 0 Å². The SMILES string of the molecule is [CH2]C1(CC)C=C(CC)C(CC)=CC1CC. The van der Waals surface area contributed by atoms with Crippen LogP contribution in [0.15, 0.2) is 23.3 Å². The minimum absolute atomic E-state index is 0.152. The van der Waals surface area contributed by atoms with E-state index in [0.29, 0.717) is 5.92 Å². The molecule has 0 amide bonds. The van der Waals surface area contributed by atoms with Crippen LogP contribution >= 0.6 is 0 Å². The zero-order chi connectivity index (χ0) is 11.5. The van der Waals surface area contributed by atoms with Gasteiger partial charge in [0.25, 0.3) is 0 Å². The molecule has 0 aromatic rings. The highest BCUT2D eigenvalue weighted by atomic mass is 14.4. The maximum Gasteiger partial charge on any atom is -0.00518 e. The molecule has 0 bridgehead atoms. The molecular formula is C15H25. The second-order valence-corrected chi connectivity index (χ2v) is 4.67. The summed E-state index contributed by atoms with van der Waals surface area (Å²) in [6.07, 6.45) is 9.58. The molecule has 0 saturated carbocycles. The van der Waals surface area contributed by atoms with Gasteiger partial charge in [0.1, 0.15) is 0 Å². The van der Waals surface area contributed by atoms with Gasteiger partial charge in [0.05, 0.1) is 0 Å². The summed E-state index contributed by atoms with van der Waals surface area (Å²) >= 11 is 0. The van der Waals surface area contributed by atoms with Crippen LogP contribution in [0.25, 0.3) is 0 Å². The Hall–Kier alpha value is -0.520. The molecule has 0 heterocycles. The van der Waals surface area contributed by atoms with Crippen molar-refractivity contribution in [1.29, 1.82) is 0 Å². The summed E-state index contributed by atoms with van der Waals surface area (Å²) in [5.74, 6) is 0.632. The first-order valence-corrected chi connectivity index (χ1v) is 6.39. The number of rotatable bonds is 4. The van der Waals surface area contributed by atoms with Crippen molar-refractivity contribution in [1.82, 2.24) is 0 Å². The summed E-state index contributed by atoms with van der Waals surface area (Å²) in [5.41, 5.74) is 3.23. The first-order chi connectivity index (χ1) is 7.11. The van der Waals surface area contributed by atoms with E-state index in [1.165, 1.54) is 12.0 Å². The molecule has 2 unspecified atom stereocenters. The van der Waals surface area contributed by atoms with Crippen molar-refractivity contribution >= 4 is 0 Å². The number of hydrogen-bond donors (Lipinski definition) is 0. The average molecular weight is 205 g/mol. The summed E-state index contributed by atoms with van der Waals surface area (Å²) in [6.45, 7) is 13.5. The van der Waals surface area contributed by atoms with Crippen LogP contribution in [0, 0.1) is 18.3 Å². The third-order valence-corrected chi connectivity index (χ3v) is 3.87. The van der Waals surface area contributed by atoms with Crippen LogP contribution in [-0.2, 0) is 0 Å². The molecule has 1 rings (SSSR count). The quantitative estimate of drug-likeness (QED) is 0.610. The highest BCUT2D eigenvalue weighted by Gasteiger charge is 2.31. The van der Waals surface area contributed by atoms with Crippen molar-refractivity contribution in [2.75, 3.05) is 0 Å². The lowest BCUT2D eigenvalue weighted by Gasteiger charge is -2.37. The third-order valence-electron chi connectivity index (χ3n) is 3.87. The molecule has 0 aromatic heterocycles. The lowest BCUT2D eigenvalue weighted by molar-refractivity contribution is 0.322. The maximum atomic E-state index is 4.45. The molecule has 0 saturated heterocycles. The van der Waals surface area contributed by atoms with Gasteiger partial charge in [0, 0.05) is 0 Å². The van der Waals surface area contributed by atoms with Crippen LogP contribution in [-0.4, -0.2) is 0 Å². The molecule has 0 aromatic carbocycles. The van der Waals surface area contributed by atoms with E-state index < -0.39 is 0 Å². The van der Waals surface area contributed by atoms with Gasteiger partial charge in [-0.15, -0.1) is 0 Å². The Kier molecular flexibility index (Phi) is 4.19. The van der Waals surface area contributed by atoms with E-state index in [0.717, 1.165) is 19.3 Å². The highest BCUT2D eigenvalue weighted by Crippen LogP contribution is 2.43. The lowest BCUT2D eigenvalue weighted by atomic mass is 9.67. The van der Waals surface area contributed by atoms with E-state index in [4.69, 9.17) is 0 Å². The van der Waals surface area contributed by atoms with Gasteiger partial charge in [-0.25, -0.2) is 0 Å². The maximum absolute atomic E-state index is 4.45. The van der Waals surface area contributed by atoms with Crippen molar-refractivity contribution in [3.63, 3.8) is 0 Å². The standard InChI is InChI=1S/C15H25/c1-6-12-10-14(8-3)15(5,9-4)11-13(12)7-2/h10-11,14H,5-9H2,1-4H3. The topological polar surface area (TPSA) is 0 Å². The van der Waals surface area contributed by atoms with Gasteiger partial charge in [0.15, 0.2) is 0 Å². The van der Waals surface area contributed by atoms with E-state index in [-0.39, 0.29) is 5.41 Å². The molecule has 1 radical (unpaired) electrons. The molecular weight excluding hydrogens is 180 g/mol. The van der Waals surface area contributed by atoms with Crippen LogP contribution in [0.3, 0.4) is 0 Å². The van der Waals surface area contributed by atoms with Gasteiger partial charge >= 0.3 is 0 Å². The van der Waals surface area contributed by atoms with Crippen LogP contribution in [0.1, 0.15) is 53.4 Å². The van der Waals surface area contributed by atoms with Gasteiger partial charge < -0.3 is 0 Å². The summed E-state index contributed by atoms with van der Waals surface area (Å²) in [7, 11) is 0. The Morgan fingerprint density at radius 1 is 1.13 bits per heavy atom. The largest absolute Gasteiger partial charge is 0.0771 e. The second kappa shape index (κ2) is 5.01. The third kappa shape index (κ3) is 2.35. The van der Waals surface area contributed by atoms with E-state index in [1.54, 1.807) is 5.57 Å². The molecule has 0 aliphatic heterocycles. The first kappa shape index (κ1) is 12.5. The van der Waals surface area contributed by atoms with Crippen molar-refractivity contribution in [2.45, 2.75) is 53.4 Å². The summed E-state index contributed by atoms with van der Waals surface area (Å²) < 4.78 is 0. The smallest absolute Gasteiger partial charge is 0.00518 e. The predicted molar refractivity (Wildman–Crippen MR) is 68.6 cm³/mol. The monoisotopic (exact) mass is 205 g/mol. The number of allylic oxidation sites excluding steroid dienone is 4. The minimum Gasteiger partial charge on any atom is -0.0771 e. The van der Waals surface area contributed by atoms with Gasteiger partial charge in [0.2, 0.25) is 0 Å². The van der Waals surface area contributed by atoms with Gasteiger partial charge in [-0.05, 0) is 55.1 Å². The molecule has 2 atom stereocenters. The predicted octanol–water partition coefficient (Wildman–Crippen LogP) is 4.93. The summed E-state index contributed by atoms with van der Waals surface area (Å²) in [6, 6.07) is 0. The molecule has 0 nitrogen and oxygen atoms in total. The summed E-state index contributed by atoms with van der Waals surface area (Å²) in [5, 5.41) is 0. The van der Waals surface area contributed by atoms with Gasteiger partial charge in [-0.2, -0.15) is 0 Å². The molecule has 0 heteroatoms. The number of hydrogen-bond acceptors (Lipinski definition) is 0. The van der Waals surface area contributed by atoms with E-state index >= 15 is 0 Å². The summed E-state index contributed by atoms with van der Waals surface area (Å²) in [4.78, 5) is 0. The zero-order valence-electron chi connectivity index (χ0n) is 10.8. The van der Waals surface area contributed by atoms with Crippen molar-refractivity contribution in [2.24, 2.45) is 11.3 Å². The van der Waals surface area contributed by atoms with Gasteiger partial charge in [-0.3, -0.25) is 0 Å². The van der Waals surface area contributed by atoms with E-state index in [2.05, 4.69) is 46.8 Å². The highest BCUT2D eigenvalue weighted by molar-refractivity contribution is 5.38. The molecule has 0 N–H and O–H groups in total. The normalized spacial score (nSPS) is 31.1. The molecule has 0 spiro atoms. The Labute approximate surface area is 95.5 Å². The fourth-order valence-electron chi connectivity index (χ4n) is 2.63. The van der Waals surface area contributed by atoms with E-state index in [9.17, 15) is 0 Å². The van der Waals surface area contributed by atoms with Gasteiger partial charge in [-0.1, -0.05) is 39.8 Å². The van der Waals surface area contributed by atoms with E-state index in [1.807, 2.05) is 0 Å². The van der Waals surface area contributed by atoms with Crippen LogP contribution in [0.2, 0.25) is 0 Å². The Bertz CT molecular complexity index is 270. The first-order valence-electron chi connectivity index (χ1n) is 6.39. The molecule has 15 heavy (non-hydrogen) atoms. The molecule has 1 aliphatic rings. The van der Waals surface area contributed by atoms with Crippen molar-refractivity contribution in [3.05, 3.63) is 30.2 Å². The molecule has 0 fully saturated rings. The Balaban J connectivity index is 3.05. The fourth-order valence-corrected chi connectivity index (χ4v) is 2.63. The Morgan fingerprint density at radius 2 is 1.73 bits per heavy atom. The Morgan fingerprint density at radius 3 is 2.13 bits per heavy atom. The van der Waals surface area contributed by atoms with Crippen LogP contribution in [0.5, 0.6) is 0 Å². The minimum atomic E-state index is 0.152. The lowest BCUT2D eigenvalue weighted by Crippen LogP contribution is -2.27. The van der Waals surface area contributed by atoms with Crippen molar-refractivity contribution in [3.8, 4) is 0 Å². The average Bonchev–Trinajstić information content (AvgIpc) is 2.28. The van der Waals surface area contributed by atoms with Crippen molar-refractivity contribution < 1.29 is 0 Å². The fraction of sp³-hybridized carbons (Fsp3) is 0.667. The van der Waals surface area contributed by atoms with Crippen LogP contribution < -0.4 is 0 Å². The zero-order valence-corrected chi connectivity index (χ0v) is 10.8.